The second-order valence-electron chi connectivity index (χ2n) is 8.80. The van der Waals surface area contributed by atoms with Crippen LogP contribution in [0.25, 0.3) is 0 Å². The van der Waals surface area contributed by atoms with Crippen LogP contribution >= 0.6 is 0 Å². The smallest absolute Gasteiger partial charge is 0.126 e. The fourth-order valence-corrected chi connectivity index (χ4v) is 3.30. The highest BCUT2D eigenvalue weighted by Gasteiger charge is 2.15. The molecular formula is C22H48NO2+. The summed E-state index contributed by atoms with van der Waals surface area (Å²) in [5.41, 5.74) is 0. The molecule has 0 aromatic rings. The van der Waals surface area contributed by atoms with Gasteiger partial charge in [0.05, 0.1) is 27.7 Å². The van der Waals surface area contributed by atoms with Gasteiger partial charge in [-0.05, 0) is 6.42 Å². The van der Waals surface area contributed by atoms with Crippen LogP contribution in [0.1, 0.15) is 96.8 Å². The highest BCUT2D eigenvalue weighted by molar-refractivity contribution is 4.52. The normalized spacial score (nSPS) is 13.3. The van der Waals surface area contributed by atoms with Gasteiger partial charge in [0.1, 0.15) is 12.6 Å². The average Bonchev–Trinajstić information content (AvgIpc) is 2.53. The van der Waals surface area contributed by atoms with Crippen LogP contribution in [-0.2, 0) is 4.74 Å². The Labute approximate surface area is 158 Å². The first kappa shape index (κ1) is 24.9. The molecule has 25 heavy (non-hydrogen) atoms. The number of quaternary nitrogens is 1. The second kappa shape index (κ2) is 17.3. The Bertz CT molecular complexity index is 263. The van der Waals surface area contributed by atoms with Gasteiger partial charge in [-0.25, -0.2) is 0 Å². The average molecular weight is 359 g/mol. The second-order valence-corrected chi connectivity index (χ2v) is 8.80. The lowest BCUT2D eigenvalue weighted by Gasteiger charge is -2.26. The van der Waals surface area contributed by atoms with Gasteiger partial charge in [0.25, 0.3) is 0 Å². The van der Waals surface area contributed by atoms with Gasteiger partial charge in [0, 0.05) is 6.61 Å². The van der Waals surface area contributed by atoms with E-state index < -0.39 is 0 Å². The van der Waals surface area contributed by atoms with Crippen LogP contribution in [0.4, 0.5) is 0 Å². The first-order valence-corrected chi connectivity index (χ1v) is 11.0. The fraction of sp³-hybridized carbons (Fsp3) is 1.00. The molecular weight excluding hydrogens is 310 g/mol. The van der Waals surface area contributed by atoms with Crippen molar-refractivity contribution in [3.63, 3.8) is 0 Å². The van der Waals surface area contributed by atoms with Crippen LogP contribution in [0.5, 0.6) is 0 Å². The highest BCUT2D eigenvalue weighted by atomic mass is 16.5. The molecule has 1 atom stereocenters. The largest absolute Gasteiger partial charge is 0.385 e. The molecule has 0 bridgehead atoms. The topological polar surface area (TPSA) is 29.5 Å². The van der Waals surface area contributed by atoms with Crippen molar-refractivity contribution in [3.8, 4) is 0 Å². The van der Waals surface area contributed by atoms with E-state index in [2.05, 4.69) is 28.1 Å². The van der Waals surface area contributed by atoms with E-state index in [1.807, 2.05) is 0 Å². The van der Waals surface area contributed by atoms with Crippen LogP contribution < -0.4 is 0 Å². The Morgan fingerprint density at radius 3 is 1.48 bits per heavy atom. The molecule has 0 heterocycles. The summed E-state index contributed by atoms with van der Waals surface area (Å²) in [4.78, 5) is 0. The zero-order valence-corrected chi connectivity index (χ0v) is 17.9. The van der Waals surface area contributed by atoms with E-state index in [0.29, 0.717) is 6.61 Å². The van der Waals surface area contributed by atoms with Crippen molar-refractivity contribution < 1.29 is 14.3 Å². The lowest BCUT2D eigenvalue weighted by atomic mass is 10.0. The Hall–Kier alpha value is -0.120. The van der Waals surface area contributed by atoms with Gasteiger partial charge in [-0.15, -0.1) is 0 Å². The molecule has 0 rings (SSSR count). The molecule has 0 fully saturated rings. The van der Waals surface area contributed by atoms with Gasteiger partial charge < -0.3 is 14.3 Å². The number of hydrogen-bond acceptors (Lipinski definition) is 2. The minimum Gasteiger partial charge on any atom is -0.385 e. The highest BCUT2D eigenvalue weighted by Crippen LogP contribution is 2.12. The summed E-state index contributed by atoms with van der Waals surface area (Å²) in [6.45, 7) is 4.31. The molecule has 3 heteroatoms. The lowest BCUT2D eigenvalue weighted by Crippen LogP contribution is -2.43. The van der Waals surface area contributed by atoms with E-state index in [4.69, 9.17) is 4.74 Å². The molecule has 0 aliphatic carbocycles. The zero-order valence-electron chi connectivity index (χ0n) is 17.9. The Kier molecular flexibility index (Phi) is 17.2. The predicted molar refractivity (Wildman–Crippen MR) is 110 cm³/mol. The molecule has 0 aromatic carbocycles. The van der Waals surface area contributed by atoms with Gasteiger partial charge in [0.15, 0.2) is 0 Å². The molecule has 152 valence electrons. The van der Waals surface area contributed by atoms with Crippen molar-refractivity contribution >= 4 is 0 Å². The molecule has 0 radical (unpaired) electrons. The van der Waals surface area contributed by atoms with Gasteiger partial charge in [-0.3, -0.25) is 0 Å². The number of aliphatic hydroxyl groups is 1. The van der Waals surface area contributed by atoms with Crippen LogP contribution in [0.2, 0.25) is 0 Å². The third-order valence-electron chi connectivity index (χ3n) is 4.71. The van der Waals surface area contributed by atoms with Crippen LogP contribution in [0.3, 0.4) is 0 Å². The fourth-order valence-electron chi connectivity index (χ4n) is 3.30. The third-order valence-corrected chi connectivity index (χ3v) is 4.71. The maximum atomic E-state index is 9.86. The maximum Gasteiger partial charge on any atom is 0.126 e. The molecule has 3 nitrogen and oxygen atoms in total. The molecule has 0 amide bonds. The van der Waals surface area contributed by atoms with Crippen molar-refractivity contribution in [3.05, 3.63) is 0 Å². The molecule has 0 aromatic heterocycles. The van der Waals surface area contributed by atoms with E-state index in [1.54, 1.807) is 0 Å². The Morgan fingerprint density at radius 1 is 0.680 bits per heavy atom. The zero-order chi connectivity index (χ0) is 18.8. The number of rotatable bonds is 19. The number of ether oxygens (including phenoxy) is 1. The molecule has 0 saturated heterocycles. The van der Waals surface area contributed by atoms with E-state index in [9.17, 15) is 5.11 Å². The summed E-state index contributed by atoms with van der Waals surface area (Å²) < 4.78 is 6.37. The van der Waals surface area contributed by atoms with Crippen molar-refractivity contribution in [2.24, 2.45) is 0 Å². The summed E-state index contributed by atoms with van der Waals surface area (Å²) in [6, 6.07) is 0. The van der Waals surface area contributed by atoms with Crippen molar-refractivity contribution in [1.29, 1.82) is 0 Å². The van der Waals surface area contributed by atoms with Crippen LogP contribution in [0.15, 0.2) is 0 Å². The van der Waals surface area contributed by atoms with Crippen LogP contribution in [-0.4, -0.2) is 56.6 Å². The molecule has 0 spiro atoms. The van der Waals surface area contributed by atoms with Gasteiger partial charge in [0.2, 0.25) is 0 Å². The number of nitrogens with zero attached hydrogens (tertiary/aromatic N) is 1. The molecule has 0 aliphatic heterocycles. The minimum atomic E-state index is -0.341. The lowest BCUT2D eigenvalue weighted by molar-refractivity contribution is -0.873. The first-order chi connectivity index (χ1) is 12.0. The third kappa shape index (κ3) is 21.8. The molecule has 0 saturated carbocycles. The van der Waals surface area contributed by atoms with Crippen molar-refractivity contribution in [2.45, 2.75) is 103 Å². The number of unbranched alkanes of at least 4 members (excludes halogenated alkanes) is 13. The summed E-state index contributed by atoms with van der Waals surface area (Å²) in [5, 5.41) is 9.86. The van der Waals surface area contributed by atoms with E-state index in [0.717, 1.165) is 24.1 Å². The van der Waals surface area contributed by atoms with E-state index in [-0.39, 0.29) is 6.10 Å². The van der Waals surface area contributed by atoms with Crippen LogP contribution in [0, 0.1) is 0 Å². The van der Waals surface area contributed by atoms with E-state index in [1.165, 1.54) is 83.5 Å². The van der Waals surface area contributed by atoms with Gasteiger partial charge in [-0.1, -0.05) is 90.4 Å². The SMILES string of the molecule is CCCCCCCCCCCCCCCCOC[C@@H](O)C[N+](C)(C)C. The maximum absolute atomic E-state index is 9.86. The number of likely N-dealkylation sites (N-methyl/N-ethyl adjacent to an activating group) is 1. The van der Waals surface area contributed by atoms with Gasteiger partial charge in [-0.2, -0.15) is 0 Å². The number of aliphatic hydroxyl groups excluding tert-OH is 1. The van der Waals surface area contributed by atoms with E-state index >= 15 is 0 Å². The number of hydrogen-bond donors (Lipinski definition) is 1. The summed E-state index contributed by atoms with van der Waals surface area (Å²) >= 11 is 0. The summed E-state index contributed by atoms with van der Waals surface area (Å²) in [5.74, 6) is 0. The summed E-state index contributed by atoms with van der Waals surface area (Å²) in [6.07, 6.45) is 19.0. The quantitative estimate of drug-likeness (QED) is 0.242. The van der Waals surface area contributed by atoms with Crippen molar-refractivity contribution in [2.75, 3.05) is 40.9 Å². The molecule has 0 unspecified atom stereocenters. The first-order valence-electron chi connectivity index (χ1n) is 11.0. The minimum absolute atomic E-state index is 0.341. The molecule has 1 N–H and O–H groups in total. The summed E-state index contributed by atoms with van der Waals surface area (Å²) in [7, 11) is 6.28. The van der Waals surface area contributed by atoms with Crippen molar-refractivity contribution in [1.82, 2.24) is 0 Å². The standard InChI is InChI=1S/C22H48NO2/c1-5-6-7-8-9-10-11-12-13-14-15-16-17-18-19-25-21-22(24)20-23(2,3)4/h22,24H,5-21H2,1-4H3/q+1/t22-/m0/s1. The Morgan fingerprint density at radius 2 is 1.08 bits per heavy atom. The predicted octanol–water partition coefficient (Wildman–Crippen LogP) is 5.55. The Balaban J connectivity index is 3.12. The monoisotopic (exact) mass is 358 g/mol. The molecule has 0 aliphatic rings. The van der Waals surface area contributed by atoms with Gasteiger partial charge >= 0.3 is 0 Å².